The third kappa shape index (κ3) is 3.90. The molecule has 0 aliphatic carbocycles. The fraction of sp³-hybridized carbons (Fsp3) is 0.125. The van der Waals surface area contributed by atoms with Crippen molar-refractivity contribution in [2.45, 2.75) is 13.8 Å². The molecule has 3 nitrogen and oxygen atoms in total. The van der Waals surface area contributed by atoms with Crippen molar-refractivity contribution in [2.24, 2.45) is 0 Å². The number of ketones is 1. The fourth-order valence-corrected chi connectivity index (χ4v) is 1.98. The Kier molecular flexibility index (Phi) is 4.48. The molecule has 0 bridgehead atoms. The maximum absolute atomic E-state index is 11.3. The number of hydrogen-bond donors (Lipinski definition) is 2. The number of hydrogen-bond acceptors (Lipinski definition) is 2. The number of thiocarbonyl (C=S) groups is 1. The van der Waals surface area contributed by atoms with Crippen molar-refractivity contribution in [2.75, 3.05) is 10.6 Å². The highest BCUT2D eigenvalue weighted by atomic mass is 32.1. The third-order valence-electron chi connectivity index (χ3n) is 2.84. The summed E-state index contributed by atoms with van der Waals surface area (Å²) in [5.41, 5.74) is 3.58. The summed E-state index contributed by atoms with van der Waals surface area (Å²) in [7, 11) is 0. The predicted molar refractivity (Wildman–Crippen MR) is 87.5 cm³/mol. The van der Waals surface area contributed by atoms with Crippen LogP contribution in [0.5, 0.6) is 0 Å². The zero-order valence-corrected chi connectivity index (χ0v) is 12.3. The SMILES string of the molecule is CC(=O)c1cccc(NC(=S)Nc2ccc(C)cc2)c1. The van der Waals surface area contributed by atoms with E-state index in [0.29, 0.717) is 10.7 Å². The average molecular weight is 284 g/mol. The number of Topliss-reactive ketones (excluding diaryl/α,β-unsaturated/α-hetero) is 1. The maximum Gasteiger partial charge on any atom is 0.175 e. The summed E-state index contributed by atoms with van der Waals surface area (Å²) in [5, 5.41) is 6.67. The Hall–Kier alpha value is -2.20. The van der Waals surface area contributed by atoms with Crippen LogP contribution in [0, 0.1) is 6.92 Å². The standard InChI is InChI=1S/C16H16N2OS/c1-11-6-8-14(9-7-11)17-16(20)18-15-5-3-4-13(10-15)12(2)19/h3-10H,1-2H3,(H2,17,18,20). The van der Waals surface area contributed by atoms with Gasteiger partial charge in [-0.05, 0) is 50.3 Å². The molecule has 0 spiro atoms. The summed E-state index contributed by atoms with van der Waals surface area (Å²) >= 11 is 5.25. The van der Waals surface area contributed by atoms with Crippen molar-refractivity contribution in [3.8, 4) is 0 Å². The first kappa shape index (κ1) is 14.2. The number of benzene rings is 2. The number of nitrogens with one attached hydrogen (secondary N) is 2. The zero-order chi connectivity index (χ0) is 14.5. The Morgan fingerprint density at radius 2 is 1.65 bits per heavy atom. The van der Waals surface area contributed by atoms with Gasteiger partial charge in [-0.25, -0.2) is 0 Å². The molecule has 2 rings (SSSR count). The molecule has 0 radical (unpaired) electrons. The quantitative estimate of drug-likeness (QED) is 0.660. The maximum atomic E-state index is 11.3. The molecule has 0 saturated carbocycles. The molecule has 4 heteroatoms. The van der Waals surface area contributed by atoms with E-state index in [0.717, 1.165) is 11.4 Å². The van der Waals surface area contributed by atoms with Crippen molar-refractivity contribution in [1.29, 1.82) is 0 Å². The number of aryl methyl sites for hydroxylation is 1. The Bertz CT molecular complexity index is 635. The van der Waals surface area contributed by atoms with Gasteiger partial charge in [-0.2, -0.15) is 0 Å². The van der Waals surface area contributed by atoms with Crippen LogP contribution in [-0.4, -0.2) is 10.9 Å². The van der Waals surface area contributed by atoms with E-state index in [-0.39, 0.29) is 5.78 Å². The molecule has 102 valence electrons. The highest BCUT2D eigenvalue weighted by Crippen LogP contribution is 2.13. The molecular formula is C16H16N2OS. The molecule has 0 atom stereocenters. The number of rotatable bonds is 3. The second-order valence-electron chi connectivity index (χ2n) is 4.58. The molecule has 2 aromatic rings. The van der Waals surface area contributed by atoms with E-state index in [1.165, 1.54) is 5.56 Å². The van der Waals surface area contributed by atoms with Gasteiger partial charge < -0.3 is 10.6 Å². The van der Waals surface area contributed by atoms with E-state index in [1.54, 1.807) is 19.1 Å². The van der Waals surface area contributed by atoms with Gasteiger partial charge in [0.2, 0.25) is 0 Å². The normalized spacial score (nSPS) is 9.90. The first-order chi connectivity index (χ1) is 9.54. The first-order valence-corrected chi connectivity index (χ1v) is 6.71. The van der Waals surface area contributed by atoms with Gasteiger partial charge in [-0.15, -0.1) is 0 Å². The lowest BCUT2D eigenvalue weighted by molar-refractivity contribution is 0.101. The van der Waals surface area contributed by atoms with Gasteiger partial charge in [0, 0.05) is 16.9 Å². The van der Waals surface area contributed by atoms with E-state index in [9.17, 15) is 4.79 Å². The van der Waals surface area contributed by atoms with E-state index >= 15 is 0 Å². The highest BCUT2D eigenvalue weighted by molar-refractivity contribution is 7.80. The van der Waals surface area contributed by atoms with Crippen LogP contribution in [0.2, 0.25) is 0 Å². The third-order valence-corrected chi connectivity index (χ3v) is 3.04. The minimum atomic E-state index is 0.0334. The molecule has 2 N–H and O–H groups in total. The van der Waals surface area contributed by atoms with Crippen molar-refractivity contribution < 1.29 is 4.79 Å². The molecule has 0 aliphatic heterocycles. The second-order valence-corrected chi connectivity index (χ2v) is 4.99. The minimum Gasteiger partial charge on any atom is -0.332 e. The Morgan fingerprint density at radius 3 is 2.30 bits per heavy atom. The van der Waals surface area contributed by atoms with Crippen LogP contribution >= 0.6 is 12.2 Å². The van der Waals surface area contributed by atoms with E-state index in [1.807, 2.05) is 43.3 Å². The number of carbonyl (C=O) groups is 1. The van der Waals surface area contributed by atoms with E-state index < -0.39 is 0 Å². The monoisotopic (exact) mass is 284 g/mol. The topological polar surface area (TPSA) is 41.1 Å². The van der Waals surface area contributed by atoms with Gasteiger partial charge in [-0.3, -0.25) is 4.79 Å². The van der Waals surface area contributed by atoms with Crippen LogP contribution in [0.1, 0.15) is 22.8 Å². The van der Waals surface area contributed by atoms with Gasteiger partial charge in [0.25, 0.3) is 0 Å². The average Bonchev–Trinajstić information content (AvgIpc) is 2.41. The smallest absolute Gasteiger partial charge is 0.175 e. The largest absolute Gasteiger partial charge is 0.332 e. The van der Waals surface area contributed by atoms with Crippen molar-refractivity contribution >= 4 is 34.5 Å². The lowest BCUT2D eigenvalue weighted by Crippen LogP contribution is -2.19. The van der Waals surface area contributed by atoms with Gasteiger partial charge in [0.1, 0.15) is 0 Å². The van der Waals surface area contributed by atoms with Crippen molar-refractivity contribution in [1.82, 2.24) is 0 Å². The minimum absolute atomic E-state index is 0.0334. The van der Waals surface area contributed by atoms with Crippen LogP contribution in [0.25, 0.3) is 0 Å². The van der Waals surface area contributed by atoms with Crippen LogP contribution in [0.3, 0.4) is 0 Å². The molecule has 0 heterocycles. The van der Waals surface area contributed by atoms with Gasteiger partial charge in [0.05, 0.1) is 0 Å². The molecule has 0 saturated heterocycles. The molecule has 0 aliphatic rings. The number of carbonyl (C=O) groups excluding carboxylic acids is 1. The molecule has 0 fully saturated rings. The summed E-state index contributed by atoms with van der Waals surface area (Å²) in [6, 6.07) is 15.2. The van der Waals surface area contributed by atoms with Gasteiger partial charge >= 0.3 is 0 Å². The number of anilines is 2. The van der Waals surface area contributed by atoms with Crippen LogP contribution < -0.4 is 10.6 Å². The molecule has 0 aromatic heterocycles. The Morgan fingerprint density at radius 1 is 1.00 bits per heavy atom. The predicted octanol–water partition coefficient (Wildman–Crippen LogP) is 4.01. The van der Waals surface area contributed by atoms with E-state index in [2.05, 4.69) is 10.6 Å². The van der Waals surface area contributed by atoms with Gasteiger partial charge in [-0.1, -0.05) is 29.8 Å². The summed E-state index contributed by atoms with van der Waals surface area (Å²) in [6.45, 7) is 3.58. The Labute approximate surface area is 124 Å². The van der Waals surface area contributed by atoms with Crippen LogP contribution in [-0.2, 0) is 0 Å². The Balaban J connectivity index is 2.02. The summed E-state index contributed by atoms with van der Waals surface area (Å²) in [4.78, 5) is 11.3. The summed E-state index contributed by atoms with van der Waals surface area (Å²) in [5.74, 6) is 0.0334. The first-order valence-electron chi connectivity index (χ1n) is 6.30. The molecule has 0 amide bonds. The summed E-state index contributed by atoms with van der Waals surface area (Å²) < 4.78 is 0. The molecule has 2 aromatic carbocycles. The van der Waals surface area contributed by atoms with E-state index in [4.69, 9.17) is 12.2 Å². The fourth-order valence-electron chi connectivity index (χ4n) is 1.75. The van der Waals surface area contributed by atoms with Crippen LogP contribution in [0.4, 0.5) is 11.4 Å². The zero-order valence-electron chi connectivity index (χ0n) is 11.4. The van der Waals surface area contributed by atoms with Gasteiger partial charge in [0.15, 0.2) is 10.9 Å². The lowest BCUT2D eigenvalue weighted by atomic mass is 10.1. The lowest BCUT2D eigenvalue weighted by Gasteiger charge is -2.11. The highest BCUT2D eigenvalue weighted by Gasteiger charge is 2.02. The second kappa shape index (κ2) is 6.30. The molecule has 20 heavy (non-hydrogen) atoms. The van der Waals surface area contributed by atoms with Crippen LogP contribution in [0.15, 0.2) is 48.5 Å². The molecular weight excluding hydrogens is 268 g/mol. The van der Waals surface area contributed by atoms with Crippen molar-refractivity contribution in [3.63, 3.8) is 0 Å². The summed E-state index contributed by atoms with van der Waals surface area (Å²) in [6.07, 6.45) is 0. The molecule has 0 unspecified atom stereocenters. The van der Waals surface area contributed by atoms with Crippen molar-refractivity contribution in [3.05, 3.63) is 59.7 Å².